The number of rotatable bonds is 6. The van der Waals surface area contributed by atoms with E-state index in [1.165, 1.54) is 6.07 Å². The van der Waals surface area contributed by atoms with Crippen LogP contribution in [0.4, 0.5) is 10.5 Å². The standard InChI is InChI=1S/C27H22N2O4/c30-26(31)25-14-19(16-29(25)15-18-8-2-1-3-9-18)28-27(32)33-17-24-22-12-6-4-10-20(22)21-11-5-7-13-23(21)24/h1-14,16,24H,15,17H2,(H,28,32)(H,30,31). The molecule has 0 radical (unpaired) electrons. The Morgan fingerprint density at radius 2 is 1.48 bits per heavy atom. The molecule has 1 aromatic heterocycles. The fraction of sp³-hybridized carbons (Fsp3) is 0.111. The van der Waals surface area contributed by atoms with Gasteiger partial charge in [-0.3, -0.25) is 5.32 Å². The number of carboxylic acids is 1. The van der Waals surface area contributed by atoms with Crippen molar-refractivity contribution in [2.75, 3.05) is 11.9 Å². The van der Waals surface area contributed by atoms with Gasteiger partial charge in [0, 0.05) is 18.7 Å². The second-order valence-corrected chi connectivity index (χ2v) is 7.98. The first kappa shape index (κ1) is 20.6. The predicted molar refractivity (Wildman–Crippen MR) is 126 cm³/mol. The highest BCUT2D eigenvalue weighted by molar-refractivity contribution is 5.91. The monoisotopic (exact) mass is 438 g/mol. The summed E-state index contributed by atoms with van der Waals surface area (Å²) in [6, 6.07) is 27.2. The molecule has 1 aliphatic carbocycles. The number of ether oxygens (including phenoxy) is 1. The Morgan fingerprint density at radius 1 is 0.879 bits per heavy atom. The highest BCUT2D eigenvalue weighted by atomic mass is 16.5. The molecule has 0 atom stereocenters. The van der Waals surface area contributed by atoms with Crippen molar-refractivity contribution in [2.24, 2.45) is 0 Å². The Hall–Kier alpha value is -4.32. The molecule has 0 unspecified atom stereocenters. The van der Waals surface area contributed by atoms with Gasteiger partial charge < -0.3 is 14.4 Å². The predicted octanol–water partition coefficient (Wildman–Crippen LogP) is 5.60. The molecule has 33 heavy (non-hydrogen) atoms. The highest BCUT2D eigenvalue weighted by Gasteiger charge is 2.29. The summed E-state index contributed by atoms with van der Waals surface area (Å²) in [5.74, 6) is -1.10. The van der Waals surface area contributed by atoms with E-state index in [1.807, 2.05) is 54.6 Å². The van der Waals surface area contributed by atoms with Crippen molar-refractivity contribution in [1.29, 1.82) is 0 Å². The molecular formula is C27H22N2O4. The van der Waals surface area contributed by atoms with Crippen molar-refractivity contribution in [3.63, 3.8) is 0 Å². The Morgan fingerprint density at radius 3 is 2.12 bits per heavy atom. The molecular weight excluding hydrogens is 416 g/mol. The summed E-state index contributed by atoms with van der Waals surface area (Å²) in [7, 11) is 0. The number of nitrogens with zero attached hydrogens (tertiary/aromatic N) is 1. The number of nitrogens with one attached hydrogen (secondary N) is 1. The van der Waals surface area contributed by atoms with Gasteiger partial charge in [-0.2, -0.15) is 0 Å². The molecule has 0 bridgehead atoms. The topological polar surface area (TPSA) is 80.6 Å². The van der Waals surface area contributed by atoms with Gasteiger partial charge in [0.15, 0.2) is 0 Å². The minimum Gasteiger partial charge on any atom is -0.477 e. The van der Waals surface area contributed by atoms with Gasteiger partial charge in [-0.15, -0.1) is 0 Å². The quantitative estimate of drug-likeness (QED) is 0.411. The van der Waals surface area contributed by atoms with Gasteiger partial charge in [-0.05, 0) is 33.9 Å². The van der Waals surface area contributed by atoms with Crippen LogP contribution in [0.1, 0.15) is 33.1 Å². The Bertz CT molecular complexity index is 1280. The van der Waals surface area contributed by atoms with Crippen LogP contribution >= 0.6 is 0 Å². The van der Waals surface area contributed by atoms with Gasteiger partial charge in [-0.1, -0.05) is 78.9 Å². The van der Waals surface area contributed by atoms with Crippen molar-refractivity contribution in [2.45, 2.75) is 12.5 Å². The van der Waals surface area contributed by atoms with Crippen LogP contribution in [0.15, 0.2) is 91.1 Å². The maximum absolute atomic E-state index is 12.6. The SMILES string of the molecule is O=C(Nc1cc(C(=O)O)n(Cc2ccccc2)c1)OCC1c2ccccc2-c2ccccc21. The molecule has 0 saturated carbocycles. The third-order valence-corrected chi connectivity index (χ3v) is 5.90. The number of hydrogen-bond donors (Lipinski definition) is 2. The normalized spacial score (nSPS) is 12.1. The van der Waals surface area contributed by atoms with E-state index in [-0.39, 0.29) is 18.2 Å². The van der Waals surface area contributed by atoms with E-state index in [0.29, 0.717) is 12.2 Å². The third-order valence-electron chi connectivity index (χ3n) is 5.90. The number of anilines is 1. The largest absolute Gasteiger partial charge is 0.477 e. The molecule has 2 N–H and O–H groups in total. The number of benzene rings is 3. The van der Waals surface area contributed by atoms with Gasteiger partial charge in [0.2, 0.25) is 0 Å². The van der Waals surface area contributed by atoms with E-state index in [1.54, 1.807) is 10.8 Å². The van der Waals surface area contributed by atoms with Crippen LogP contribution in [0.3, 0.4) is 0 Å². The second-order valence-electron chi connectivity index (χ2n) is 7.98. The molecule has 164 valence electrons. The minimum atomic E-state index is -1.06. The third kappa shape index (κ3) is 4.11. The Labute approximate surface area is 191 Å². The van der Waals surface area contributed by atoms with Crippen molar-refractivity contribution >= 4 is 17.7 Å². The van der Waals surface area contributed by atoms with Gasteiger partial charge in [0.1, 0.15) is 12.3 Å². The number of carbonyl (C=O) groups excluding carboxylic acids is 1. The summed E-state index contributed by atoms with van der Waals surface area (Å²) in [6.07, 6.45) is 0.989. The number of fused-ring (bicyclic) bond motifs is 3. The number of carboxylic acid groups (broad SMARTS) is 1. The summed E-state index contributed by atoms with van der Waals surface area (Å²) >= 11 is 0. The van der Waals surface area contributed by atoms with Crippen molar-refractivity contribution in [3.8, 4) is 11.1 Å². The van der Waals surface area contributed by atoms with Crippen LogP contribution in [-0.2, 0) is 11.3 Å². The first-order chi connectivity index (χ1) is 16.1. The molecule has 4 aromatic rings. The van der Waals surface area contributed by atoms with E-state index in [4.69, 9.17) is 4.74 Å². The summed E-state index contributed by atoms with van der Waals surface area (Å²) in [6.45, 7) is 0.575. The number of aromatic carboxylic acids is 1. The van der Waals surface area contributed by atoms with Crippen molar-refractivity contribution < 1.29 is 19.4 Å². The Balaban J connectivity index is 1.29. The molecule has 1 heterocycles. The lowest BCUT2D eigenvalue weighted by Crippen LogP contribution is -2.17. The molecule has 1 aliphatic rings. The van der Waals surface area contributed by atoms with Gasteiger partial charge in [0.25, 0.3) is 0 Å². The smallest absolute Gasteiger partial charge is 0.411 e. The molecule has 0 aliphatic heterocycles. The zero-order valence-electron chi connectivity index (χ0n) is 17.8. The van der Waals surface area contributed by atoms with Crippen LogP contribution in [0.5, 0.6) is 0 Å². The van der Waals surface area contributed by atoms with Gasteiger partial charge in [0.05, 0.1) is 5.69 Å². The van der Waals surface area contributed by atoms with E-state index >= 15 is 0 Å². The summed E-state index contributed by atoms with van der Waals surface area (Å²) in [4.78, 5) is 24.2. The fourth-order valence-electron chi connectivity index (χ4n) is 4.42. The molecule has 0 saturated heterocycles. The molecule has 1 amide bonds. The number of aromatic nitrogens is 1. The van der Waals surface area contributed by atoms with E-state index in [9.17, 15) is 14.7 Å². The molecule has 6 nitrogen and oxygen atoms in total. The van der Waals surface area contributed by atoms with Crippen LogP contribution in [0.25, 0.3) is 11.1 Å². The van der Waals surface area contributed by atoms with Crippen molar-refractivity contribution in [1.82, 2.24) is 4.57 Å². The van der Waals surface area contributed by atoms with Crippen LogP contribution in [0, 0.1) is 0 Å². The lowest BCUT2D eigenvalue weighted by molar-refractivity contribution is 0.0685. The van der Waals surface area contributed by atoms with Crippen LogP contribution in [-0.4, -0.2) is 28.3 Å². The summed E-state index contributed by atoms with van der Waals surface area (Å²) in [5, 5.41) is 12.2. The lowest BCUT2D eigenvalue weighted by atomic mass is 9.98. The highest BCUT2D eigenvalue weighted by Crippen LogP contribution is 2.44. The van der Waals surface area contributed by atoms with Gasteiger partial charge >= 0.3 is 12.1 Å². The lowest BCUT2D eigenvalue weighted by Gasteiger charge is -2.14. The first-order valence-corrected chi connectivity index (χ1v) is 10.7. The second kappa shape index (κ2) is 8.67. The Kier molecular flexibility index (Phi) is 5.40. The fourth-order valence-corrected chi connectivity index (χ4v) is 4.42. The first-order valence-electron chi connectivity index (χ1n) is 10.7. The number of amides is 1. The van der Waals surface area contributed by atoms with E-state index in [0.717, 1.165) is 27.8 Å². The molecule has 0 spiro atoms. The maximum Gasteiger partial charge on any atom is 0.411 e. The van der Waals surface area contributed by atoms with Crippen LogP contribution in [0.2, 0.25) is 0 Å². The summed E-state index contributed by atoms with van der Waals surface area (Å²) in [5.41, 5.74) is 6.01. The van der Waals surface area contributed by atoms with Gasteiger partial charge in [-0.25, -0.2) is 9.59 Å². The zero-order chi connectivity index (χ0) is 22.8. The zero-order valence-corrected chi connectivity index (χ0v) is 17.8. The minimum absolute atomic E-state index is 0.0413. The van der Waals surface area contributed by atoms with Crippen LogP contribution < -0.4 is 5.32 Å². The van der Waals surface area contributed by atoms with E-state index < -0.39 is 12.1 Å². The molecule has 3 aromatic carbocycles. The molecule has 0 fully saturated rings. The maximum atomic E-state index is 12.6. The summed E-state index contributed by atoms with van der Waals surface area (Å²) < 4.78 is 7.16. The number of carbonyl (C=O) groups is 2. The average molecular weight is 438 g/mol. The van der Waals surface area contributed by atoms with E-state index in [2.05, 4.69) is 29.6 Å². The number of hydrogen-bond acceptors (Lipinski definition) is 3. The average Bonchev–Trinajstić information content (AvgIpc) is 3.37. The molecule has 5 rings (SSSR count). The molecule has 6 heteroatoms. The van der Waals surface area contributed by atoms with Crippen molar-refractivity contribution in [3.05, 3.63) is 114 Å².